The van der Waals surface area contributed by atoms with Crippen molar-refractivity contribution in [2.75, 3.05) is 19.7 Å². The molecule has 0 spiro atoms. The zero-order chi connectivity index (χ0) is 12.3. The number of hydrogen-bond acceptors (Lipinski definition) is 5. The van der Waals surface area contributed by atoms with Gasteiger partial charge in [-0.3, -0.25) is 0 Å². The molecule has 1 N–H and O–H groups in total. The molecular weight excluding hydrogens is 239 g/mol. The monoisotopic (exact) mass is 251 g/mol. The fraction of sp³-hybridized carbons (Fsp3) is 0.778. The summed E-state index contributed by atoms with van der Waals surface area (Å²) in [6, 6.07) is 0. The minimum Gasteiger partial charge on any atom is -0.375 e. The van der Waals surface area contributed by atoms with E-state index in [2.05, 4.69) is 15.5 Å². The number of nitrogens with zero attached hydrogens (tertiary/aromatic N) is 2. The van der Waals surface area contributed by atoms with E-state index in [1.807, 2.05) is 0 Å². The number of rotatable bonds is 3. The van der Waals surface area contributed by atoms with Crippen molar-refractivity contribution < 1.29 is 22.4 Å². The molecular formula is C9H12F3N3O2. The first-order chi connectivity index (χ1) is 8.03. The molecule has 17 heavy (non-hydrogen) atoms. The van der Waals surface area contributed by atoms with Gasteiger partial charge in [0.25, 0.3) is 0 Å². The molecule has 1 saturated heterocycles. The smallest absolute Gasteiger partial charge is 0.375 e. The summed E-state index contributed by atoms with van der Waals surface area (Å²) in [6.45, 7) is 1.99. The molecule has 1 atom stereocenters. The summed E-state index contributed by atoms with van der Waals surface area (Å²) in [7, 11) is 0. The summed E-state index contributed by atoms with van der Waals surface area (Å²) >= 11 is 0. The maximum Gasteiger partial charge on any atom is 0.396 e. The highest BCUT2D eigenvalue weighted by molar-refractivity contribution is 4.91. The van der Waals surface area contributed by atoms with Gasteiger partial charge in [0.1, 0.15) is 6.42 Å². The van der Waals surface area contributed by atoms with Gasteiger partial charge in [-0.25, -0.2) is 0 Å². The third-order valence-corrected chi connectivity index (χ3v) is 2.28. The van der Waals surface area contributed by atoms with E-state index >= 15 is 0 Å². The first kappa shape index (κ1) is 12.3. The summed E-state index contributed by atoms with van der Waals surface area (Å²) in [5.74, 6) is -0.158. The van der Waals surface area contributed by atoms with Crippen LogP contribution in [0, 0.1) is 0 Å². The third kappa shape index (κ3) is 3.97. The molecule has 1 aromatic rings. The Morgan fingerprint density at radius 2 is 2.24 bits per heavy atom. The van der Waals surface area contributed by atoms with Crippen molar-refractivity contribution in [3.8, 4) is 0 Å². The Kier molecular flexibility index (Phi) is 3.63. The minimum absolute atomic E-state index is 0.122. The predicted molar refractivity (Wildman–Crippen MR) is 50.4 cm³/mol. The summed E-state index contributed by atoms with van der Waals surface area (Å²) in [4.78, 5) is 3.68. The van der Waals surface area contributed by atoms with Crippen LogP contribution >= 0.6 is 0 Å². The standard InChI is InChI=1S/C9H12F3N3O2/c10-9(11,12)4-7-14-8(17-15-7)3-6-5-13-1-2-16-6/h6,13H,1-5H2. The lowest BCUT2D eigenvalue weighted by molar-refractivity contribution is -0.128. The number of hydrogen-bond donors (Lipinski definition) is 1. The molecule has 1 aromatic heterocycles. The first-order valence-corrected chi connectivity index (χ1v) is 5.23. The molecule has 5 nitrogen and oxygen atoms in total. The van der Waals surface area contributed by atoms with E-state index in [0.717, 1.165) is 6.54 Å². The molecule has 2 heterocycles. The maximum atomic E-state index is 12.1. The van der Waals surface area contributed by atoms with Crippen molar-refractivity contribution >= 4 is 0 Å². The van der Waals surface area contributed by atoms with Crippen LogP contribution < -0.4 is 5.32 Å². The summed E-state index contributed by atoms with van der Waals surface area (Å²) in [6.07, 6.45) is -5.27. The van der Waals surface area contributed by atoms with Crippen LogP contribution in [0.2, 0.25) is 0 Å². The van der Waals surface area contributed by atoms with E-state index in [4.69, 9.17) is 9.26 Å². The van der Waals surface area contributed by atoms with Crippen LogP contribution in [0.15, 0.2) is 4.52 Å². The largest absolute Gasteiger partial charge is 0.396 e. The van der Waals surface area contributed by atoms with Crippen molar-refractivity contribution in [2.24, 2.45) is 0 Å². The summed E-state index contributed by atoms with van der Waals surface area (Å²) in [5, 5.41) is 6.39. The quantitative estimate of drug-likeness (QED) is 0.857. The molecule has 1 aliphatic rings. The maximum absolute atomic E-state index is 12.1. The SMILES string of the molecule is FC(F)(F)Cc1noc(CC2CNCCO2)n1. The molecule has 0 aromatic carbocycles. The molecule has 1 aliphatic heterocycles. The molecule has 96 valence electrons. The van der Waals surface area contributed by atoms with E-state index in [9.17, 15) is 13.2 Å². The zero-order valence-corrected chi connectivity index (χ0v) is 8.96. The second-order valence-corrected chi connectivity index (χ2v) is 3.80. The minimum atomic E-state index is -4.32. The van der Waals surface area contributed by atoms with Crippen molar-refractivity contribution in [3.05, 3.63) is 11.7 Å². The highest BCUT2D eigenvalue weighted by Gasteiger charge is 2.30. The number of aromatic nitrogens is 2. The van der Waals surface area contributed by atoms with E-state index in [-0.39, 0.29) is 17.8 Å². The van der Waals surface area contributed by atoms with Gasteiger partial charge in [0.05, 0.1) is 19.1 Å². The molecule has 0 radical (unpaired) electrons. The van der Waals surface area contributed by atoms with Crippen LogP contribution in [0.5, 0.6) is 0 Å². The molecule has 1 unspecified atom stereocenters. The topological polar surface area (TPSA) is 60.2 Å². The van der Waals surface area contributed by atoms with Crippen LogP contribution in [-0.4, -0.2) is 42.1 Å². The van der Waals surface area contributed by atoms with Gasteiger partial charge in [-0.05, 0) is 0 Å². The average Bonchev–Trinajstić information content (AvgIpc) is 2.64. The fourth-order valence-corrected chi connectivity index (χ4v) is 1.57. The van der Waals surface area contributed by atoms with Crippen LogP contribution in [0.1, 0.15) is 11.7 Å². The predicted octanol–water partition coefficient (Wildman–Crippen LogP) is 0.705. The zero-order valence-electron chi connectivity index (χ0n) is 8.96. The lowest BCUT2D eigenvalue weighted by Crippen LogP contribution is -2.39. The fourth-order valence-electron chi connectivity index (χ4n) is 1.57. The van der Waals surface area contributed by atoms with Gasteiger partial charge in [-0.1, -0.05) is 5.16 Å². The number of morpholine rings is 1. The Labute approximate surface area is 95.3 Å². The molecule has 0 amide bonds. The van der Waals surface area contributed by atoms with Crippen LogP contribution in [0.4, 0.5) is 13.2 Å². The first-order valence-electron chi connectivity index (χ1n) is 5.23. The lowest BCUT2D eigenvalue weighted by atomic mass is 10.2. The van der Waals surface area contributed by atoms with Gasteiger partial charge in [0, 0.05) is 13.1 Å². The van der Waals surface area contributed by atoms with Crippen LogP contribution in [0.25, 0.3) is 0 Å². The summed E-state index contributed by atoms with van der Waals surface area (Å²) in [5.41, 5.74) is 0. The van der Waals surface area contributed by atoms with E-state index < -0.39 is 12.6 Å². The molecule has 0 bridgehead atoms. The van der Waals surface area contributed by atoms with Gasteiger partial charge in [-0.2, -0.15) is 18.2 Å². The Balaban J connectivity index is 1.89. The molecule has 0 saturated carbocycles. The molecule has 0 aliphatic carbocycles. The Hall–Kier alpha value is -1.15. The number of nitrogens with one attached hydrogen (secondary N) is 1. The van der Waals surface area contributed by atoms with Crippen molar-refractivity contribution in [1.82, 2.24) is 15.5 Å². The third-order valence-electron chi connectivity index (χ3n) is 2.28. The van der Waals surface area contributed by atoms with Crippen LogP contribution in [0.3, 0.4) is 0 Å². The van der Waals surface area contributed by atoms with Crippen molar-refractivity contribution in [1.29, 1.82) is 0 Å². The highest BCUT2D eigenvalue weighted by atomic mass is 19.4. The van der Waals surface area contributed by atoms with E-state index in [1.165, 1.54) is 0 Å². The normalized spacial score (nSPS) is 21.7. The molecule has 2 rings (SSSR count). The van der Waals surface area contributed by atoms with Crippen LogP contribution in [-0.2, 0) is 17.6 Å². The second kappa shape index (κ2) is 5.01. The van der Waals surface area contributed by atoms with Crippen molar-refractivity contribution in [2.45, 2.75) is 25.1 Å². The van der Waals surface area contributed by atoms with Gasteiger partial charge >= 0.3 is 6.18 Å². The lowest BCUT2D eigenvalue weighted by Gasteiger charge is -2.21. The number of ether oxygens (including phenoxy) is 1. The van der Waals surface area contributed by atoms with Gasteiger partial charge in [0.15, 0.2) is 5.82 Å². The number of alkyl halides is 3. The van der Waals surface area contributed by atoms with E-state index in [1.54, 1.807) is 0 Å². The van der Waals surface area contributed by atoms with Gasteiger partial charge in [-0.15, -0.1) is 0 Å². The van der Waals surface area contributed by atoms with Crippen molar-refractivity contribution in [3.63, 3.8) is 0 Å². The molecule has 1 fully saturated rings. The number of halogens is 3. The average molecular weight is 251 g/mol. The Morgan fingerprint density at radius 3 is 2.88 bits per heavy atom. The van der Waals surface area contributed by atoms with Gasteiger partial charge < -0.3 is 14.6 Å². The van der Waals surface area contributed by atoms with Gasteiger partial charge in [0.2, 0.25) is 5.89 Å². The second-order valence-electron chi connectivity index (χ2n) is 3.80. The van der Waals surface area contributed by atoms with E-state index in [0.29, 0.717) is 19.6 Å². The highest BCUT2D eigenvalue weighted by Crippen LogP contribution is 2.19. The summed E-state index contributed by atoms with van der Waals surface area (Å²) < 4.78 is 46.3. The molecule has 8 heteroatoms. The Bertz CT molecular complexity index is 361. The Morgan fingerprint density at radius 1 is 1.41 bits per heavy atom.